The van der Waals surface area contributed by atoms with E-state index in [1.54, 1.807) is 7.05 Å². The highest BCUT2D eigenvalue weighted by molar-refractivity contribution is 7.87. The summed E-state index contributed by atoms with van der Waals surface area (Å²) < 4.78 is 73.0. The van der Waals surface area contributed by atoms with Crippen molar-refractivity contribution in [3.8, 4) is 0 Å². The van der Waals surface area contributed by atoms with Crippen LogP contribution in [0.1, 0.15) is 53.4 Å². The molecule has 2 saturated heterocycles. The number of halogens is 3. The lowest BCUT2D eigenvalue weighted by molar-refractivity contribution is -0.121. The second-order valence-electron chi connectivity index (χ2n) is 11.4. The summed E-state index contributed by atoms with van der Waals surface area (Å²) >= 11 is 0. The topological polar surface area (TPSA) is 88.6 Å². The lowest BCUT2D eigenvalue weighted by atomic mass is 9.75. The Balaban J connectivity index is 0.000000216. The van der Waals surface area contributed by atoms with Crippen molar-refractivity contribution >= 4 is 23.0 Å². The third-order valence-electron chi connectivity index (χ3n) is 7.42. The number of hydrogen-bond acceptors (Lipinski definition) is 9. The third-order valence-corrected chi connectivity index (χ3v) is 8.42. The lowest BCUT2D eigenvalue weighted by Crippen LogP contribution is -2.41. The molecule has 0 saturated carbocycles. The van der Waals surface area contributed by atoms with E-state index in [-0.39, 0.29) is 30.5 Å². The van der Waals surface area contributed by atoms with Crippen LogP contribution in [0.5, 0.6) is 0 Å². The van der Waals surface area contributed by atoms with Gasteiger partial charge in [0.2, 0.25) is 0 Å². The minimum Gasteiger partial charge on any atom is -0.400 e. The van der Waals surface area contributed by atoms with Crippen LogP contribution in [-0.2, 0) is 28.4 Å². The molecule has 0 aliphatic carbocycles. The molecule has 4 heterocycles. The van der Waals surface area contributed by atoms with Crippen molar-refractivity contribution in [1.82, 2.24) is 14.7 Å². The van der Waals surface area contributed by atoms with Crippen LogP contribution < -0.4 is 0 Å². The molecule has 14 heteroatoms. The standard InChI is InChI=1S/C12H22BNO2.C7H10F3NO3S.C6H11NO/c1-11(2)12(3,4)16-13(15-11)10-6-8-14(5)9-7-10;1-11-4-2-6(3-5-11)14-15(12,13)7(8,9)10;1-7-4-2-6(8)3-5-7/h6H,7-9H2,1-5H3;2H,3-5H2,1H3;2-5H2,1H3. The largest absolute Gasteiger partial charge is 0.534 e. The average molecular weight is 582 g/mol. The molecule has 0 bridgehead atoms. The van der Waals surface area contributed by atoms with E-state index in [0.717, 1.165) is 45.4 Å². The van der Waals surface area contributed by atoms with Crippen molar-refractivity contribution in [2.75, 3.05) is 60.4 Å². The van der Waals surface area contributed by atoms with Crippen molar-refractivity contribution in [2.24, 2.45) is 0 Å². The summed E-state index contributed by atoms with van der Waals surface area (Å²) in [6, 6.07) is 0. The Kier molecular flexibility index (Phi) is 11.7. The maximum absolute atomic E-state index is 11.9. The number of hydrogen-bond donors (Lipinski definition) is 0. The molecule has 0 amide bonds. The summed E-state index contributed by atoms with van der Waals surface area (Å²) in [4.78, 5) is 16.9. The summed E-state index contributed by atoms with van der Waals surface area (Å²) in [6.07, 6.45) is 6.30. The van der Waals surface area contributed by atoms with Gasteiger partial charge in [0.25, 0.3) is 0 Å². The second-order valence-corrected chi connectivity index (χ2v) is 12.9. The van der Waals surface area contributed by atoms with Crippen LogP contribution in [0.4, 0.5) is 13.2 Å². The Hall–Kier alpha value is -1.45. The fourth-order valence-corrected chi connectivity index (χ4v) is 4.41. The third kappa shape index (κ3) is 10.2. The Bertz CT molecular complexity index is 991. The smallest absolute Gasteiger partial charge is 0.400 e. The average Bonchev–Trinajstić information content (AvgIpc) is 3.04. The molecule has 224 valence electrons. The van der Waals surface area contributed by atoms with Gasteiger partial charge in [0.1, 0.15) is 11.5 Å². The first-order valence-electron chi connectivity index (χ1n) is 13.1. The van der Waals surface area contributed by atoms with E-state index in [9.17, 15) is 26.4 Å². The van der Waals surface area contributed by atoms with Crippen LogP contribution >= 0.6 is 0 Å². The fraction of sp³-hybridized carbons (Fsp3) is 0.800. The van der Waals surface area contributed by atoms with E-state index >= 15 is 0 Å². The normalized spacial score (nSPS) is 24.6. The molecule has 0 atom stereocenters. The molecule has 4 rings (SSSR count). The van der Waals surface area contributed by atoms with Gasteiger partial charge in [0, 0.05) is 58.5 Å². The monoisotopic (exact) mass is 581 g/mol. The van der Waals surface area contributed by atoms with Crippen molar-refractivity contribution in [3.05, 3.63) is 23.4 Å². The summed E-state index contributed by atoms with van der Waals surface area (Å²) in [5.41, 5.74) is -4.50. The first kappa shape index (κ1) is 33.8. The molecule has 0 aromatic rings. The molecular formula is C25H43BF3N3O6S. The number of piperidine rings is 1. The Morgan fingerprint density at radius 3 is 1.67 bits per heavy atom. The van der Waals surface area contributed by atoms with Gasteiger partial charge in [-0.3, -0.25) is 4.79 Å². The van der Waals surface area contributed by atoms with Gasteiger partial charge in [-0.25, -0.2) is 0 Å². The maximum atomic E-state index is 11.9. The van der Waals surface area contributed by atoms with E-state index in [0.29, 0.717) is 18.9 Å². The molecule has 0 aromatic heterocycles. The molecule has 4 aliphatic rings. The number of rotatable bonds is 3. The summed E-state index contributed by atoms with van der Waals surface area (Å²) in [7, 11) is 0.312. The van der Waals surface area contributed by atoms with Crippen LogP contribution in [0.2, 0.25) is 0 Å². The number of carbonyl (C=O) groups excluding carboxylic acids is 1. The predicted molar refractivity (Wildman–Crippen MR) is 144 cm³/mol. The van der Waals surface area contributed by atoms with E-state index in [4.69, 9.17) is 9.31 Å². The number of alkyl halides is 3. The van der Waals surface area contributed by atoms with E-state index < -0.39 is 15.6 Å². The second kappa shape index (κ2) is 13.5. The Morgan fingerprint density at radius 1 is 0.821 bits per heavy atom. The molecule has 39 heavy (non-hydrogen) atoms. The molecule has 2 fully saturated rings. The molecule has 0 N–H and O–H groups in total. The first-order chi connectivity index (χ1) is 17.8. The zero-order valence-electron chi connectivity index (χ0n) is 24.1. The van der Waals surface area contributed by atoms with Gasteiger partial charge >= 0.3 is 22.7 Å². The number of nitrogens with zero attached hydrogens (tertiary/aromatic N) is 3. The number of ketones is 1. The zero-order valence-corrected chi connectivity index (χ0v) is 25.0. The maximum Gasteiger partial charge on any atom is 0.534 e. The highest BCUT2D eigenvalue weighted by Gasteiger charge is 2.52. The molecule has 4 aliphatic heterocycles. The van der Waals surface area contributed by atoms with Gasteiger partial charge in [-0.2, -0.15) is 21.6 Å². The highest BCUT2D eigenvalue weighted by atomic mass is 32.2. The van der Waals surface area contributed by atoms with Crippen molar-refractivity contribution < 1.29 is 39.9 Å². The summed E-state index contributed by atoms with van der Waals surface area (Å²) in [5, 5.41) is 0. The van der Waals surface area contributed by atoms with E-state index in [1.165, 1.54) is 11.5 Å². The minimum atomic E-state index is -5.50. The fourth-order valence-electron chi connectivity index (χ4n) is 3.88. The van der Waals surface area contributed by atoms with Crippen molar-refractivity contribution in [3.63, 3.8) is 0 Å². The number of carbonyl (C=O) groups is 1. The van der Waals surface area contributed by atoms with Gasteiger partial charge in [-0.1, -0.05) is 6.08 Å². The van der Waals surface area contributed by atoms with Crippen molar-refractivity contribution in [2.45, 2.75) is 70.1 Å². The van der Waals surface area contributed by atoms with Crippen LogP contribution in [0, 0.1) is 0 Å². The lowest BCUT2D eigenvalue weighted by Gasteiger charge is -2.32. The summed E-state index contributed by atoms with van der Waals surface area (Å²) in [6.45, 7) is 13.3. The van der Waals surface area contributed by atoms with Crippen LogP contribution in [0.25, 0.3) is 0 Å². The minimum absolute atomic E-state index is 0.140. The SMILES string of the molecule is CN1CC=C(B2OC(C)(C)C(C)(C)O2)CC1.CN1CC=C(OS(=O)(=O)C(F)(F)F)CC1.CN1CCC(=O)CC1. The van der Waals surface area contributed by atoms with Gasteiger partial charge in [-0.05, 0) is 66.8 Å². The van der Waals surface area contributed by atoms with Gasteiger partial charge < -0.3 is 28.2 Å². The van der Waals surface area contributed by atoms with Crippen LogP contribution in [0.15, 0.2) is 23.4 Å². The molecule has 0 aromatic carbocycles. The van der Waals surface area contributed by atoms with Gasteiger partial charge in [0.15, 0.2) is 0 Å². The predicted octanol–water partition coefficient (Wildman–Crippen LogP) is 3.23. The van der Waals surface area contributed by atoms with Gasteiger partial charge in [-0.15, -0.1) is 0 Å². The van der Waals surface area contributed by atoms with E-state index in [1.807, 2.05) is 11.9 Å². The Morgan fingerprint density at radius 2 is 1.28 bits per heavy atom. The highest BCUT2D eigenvalue weighted by Crippen LogP contribution is 2.39. The molecule has 0 unspecified atom stereocenters. The first-order valence-corrected chi connectivity index (χ1v) is 14.6. The van der Waals surface area contributed by atoms with Crippen LogP contribution in [-0.4, -0.2) is 113 Å². The van der Waals surface area contributed by atoms with E-state index in [2.05, 4.69) is 54.8 Å². The summed E-state index contributed by atoms with van der Waals surface area (Å²) in [5.74, 6) is 0.272. The van der Waals surface area contributed by atoms with Crippen LogP contribution in [0.3, 0.4) is 0 Å². The zero-order chi connectivity index (χ0) is 29.6. The van der Waals surface area contributed by atoms with Gasteiger partial charge in [0.05, 0.1) is 11.2 Å². The van der Waals surface area contributed by atoms with Crippen molar-refractivity contribution in [1.29, 1.82) is 0 Å². The Labute approximate surface area is 231 Å². The molecule has 9 nitrogen and oxygen atoms in total. The number of Topliss-reactive ketones (excluding diaryl/α,β-unsaturated/α-hetero) is 1. The number of likely N-dealkylation sites (N-methyl/N-ethyl adjacent to an activating group) is 2. The molecular weight excluding hydrogens is 538 g/mol. The molecule has 0 spiro atoms. The molecule has 0 radical (unpaired) electrons. The quantitative estimate of drug-likeness (QED) is 0.283. The number of likely N-dealkylation sites (tertiary alicyclic amines) is 1.